The number of rotatable bonds is 7. The molecular weight excluding hydrogens is 382 g/mol. The molecule has 0 saturated carbocycles. The molecule has 7 heteroatoms. The van der Waals surface area contributed by atoms with Gasteiger partial charge in [-0.3, -0.25) is 9.97 Å². The zero-order valence-corrected chi connectivity index (χ0v) is 17.3. The summed E-state index contributed by atoms with van der Waals surface area (Å²) >= 11 is 0. The monoisotopic (exact) mass is 407 g/mol. The van der Waals surface area contributed by atoms with Crippen molar-refractivity contribution in [3.8, 4) is 5.75 Å². The summed E-state index contributed by atoms with van der Waals surface area (Å²) in [7, 11) is 0. The molecule has 2 aromatic heterocycles. The minimum Gasteiger partial charge on any atom is -0.466 e. The van der Waals surface area contributed by atoms with Crippen LogP contribution in [0, 0.1) is 0 Å². The quantitative estimate of drug-likeness (QED) is 0.329. The van der Waals surface area contributed by atoms with Gasteiger partial charge in [-0.25, -0.2) is 4.79 Å². The largest absolute Gasteiger partial charge is 0.466 e. The Morgan fingerprint density at radius 3 is 2.90 bits per heavy atom. The summed E-state index contributed by atoms with van der Waals surface area (Å²) < 4.78 is 16.3. The van der Waals surface area contributed by atoms with Crippen molar-refractivity contribution in [1.29, 1.82) is 0 Å². The van der Waals surface area contributed by atoms with Gasteiger partial charge in [0.25, 0.3) is 0 Å². The molecule has 30 heavy (non-hydrogen) atoms. The van der Waals surface area contributed by atoms with Gasteiger partial charge in [0.05, 0.1) is 23.5 Å². The van der Waals surface area contributed by atoms with Crippen LogP contribution in [-0.2, 0) is 15.9 Å². The van der Waals surface area contributed by atoms with E-state index < -0.39 is 5.97 Å². The fraction of sp³-hybridized carbons (Fsp3) is 0.348. The van der Waals surface area contributed by atoms with Crippen LogP contribution in [0.1, 0.15) is 36.3 Å². The second kappa shape index (κ2) is 9.09. The van der Waals surface area contributed by atoms with Crippen LogP contribution in [-0.4, -0.2) is 42.5 Å². The predicted molar refractivity (Wildman–Crippen MR) is 114 cm³/mol. The first-order valence-electron chi connectivity index (χ1n) is 10.2. The van der Waals surface area contributed by atoms with Gasteiger partial charge in [-0.15, -0.1) is 0 Å². The highest BCUT2D eigenvalue weighted by Gasteiger charge is 2.22. The van der Waals surface area contributed by atoms with Crippen molar-refractivity contribution in [2.24, 2.45) is 0 Å². The van der Waals surface area contributed by atoms with E-state index >= 15 is 0 Å². The van der Waals surface area contributed by atoms with Crippen molar-refractivity contribution >= 4 is 28.2 Å². The second-order valence-corrected chi connectivity index (χ2v) is 6.90. The molecule has 4 rings (SSSR count). The molecule has 0 bridgehead atoms. The Labute approximate surface area is 175 Å². The van der Waals surface area contributed by atoms with Crippen molar-refractivity contribution in [3.63, 3.8) is 0 Å². The van der Waals surface area contributed by atoms with Crippen LogP contribution in [0.2, 0.25) is 0 Å². The lowest BCUT2D eigenvalue weighted by Crippen LogP contribution is -2.25. The molecule has 1 aliphatic heterocycles. The first-order chi connectivity index (χ1) is 14.7. The first-order valence-corrected chi connectivity index (χ1v) is 10.2. The van der Waals surface area contributed by atoms with Crippen LogP contribution in [0.4, 0.5) is 11.4 Å². The molecule has 3 heterocycles. The van der Waals surface area contributed by atoms with Gasteiger partial charge < -0.3 is 19.1 Å². The van der Waals surface area contributed by atoms with Crippen LogP contribution in [0.25, 0.3) is 10.9 Å². The van der Waals surface area contributed by atoms with E-state index in [2.05, 4.69) is 20.9 Å². The second-order valence-electron chi connectivity index (χ2n) is 6.90. The molecule has 0 N–H and O–H groups in total. The van der Waals surface area contributed by atoms with Crippen LogP contribution in [0.5, 0.6) is 5.75 Å². The van der Waals surface area contributed by atoms with Crippen LogP contribution in [0.15, 0.2) is 42.7 Å². The number of aromatic nitrogens is 2. The molecule has 0 radical (unpaired) electrons. The van der Waals surface area contributed by atoms with Gasteiger partial charge in [-0.2, -0.15) is 0 Å². The molecule has 1 aliphatic rings. The number of hydrogen-bond acceptors (Lipinski definition) is 7. The van der Waals surface area contributed by atoms with Gasteiger partial charge in [-0.05, 0) is 57.0 Å². The van der Waals surface area contributed by atoms with Gasteiger partial charge >= 0.3 is 5.97 Å². The molecule has 0 amide bonds. The number of nitrogens with zero attached hydrogens (tertiary/aromatic N) is 3. The lowest BCUT2D eigenvalue weighted by atomic mass is 10.0. The minimum absolute atomic E-state index is 0.0505. The summed E-state index contributed by atoms with van der Waals surface area (Å²) in [4.78, 5) is 23.7. The van der Waals surface area contributed by atoms with E-state index in [1.54, 1.807) is 6.92 Å². The molecule has 0 saturated heterocycles. The van der Waals surface area contributed by atoms with Crippen molar-refractivity contribution in [2.75, 3.05) is 31.5 Å². The van der Waals surface area contributed by atoms with Crippen molar-refractivity contribution < 1.29 is 19.0 Å². The number of pyridine rings is 2. The van der Waals surface area contributed by atoms with Crippen molar-refractivity contribution in [2.45, 2.75) is 26.7 Å². The molecule has 3 aromatic rings. The minimum atomic E-state index is -0.460. The third-order valence-electron chi connectivity index (χ3n) is 5.05. The number of anilines is 2. The first kappa shape index (κ1) is 20.1. The van der Waals surface area contributed by atoms with E-state index in [1.165, 1.54) is 6.20 Å². The fourth-order valence-corrected chi connectivity index (χ4v) is 3.68. The third kappa shape index (κ3) is 3.93. The molecule has 7 nitrogen and oxygen atoms in total. The number of carbonyl (C=O) groups excluding carboxylic acids is 1. The molecule has 0 spiro atoms. The Balaban J connectivity index is 1.75. The van der Waals surface area contributed by atoms with E-state index in [0.29, 0.717) is 17.9 Å². The number of fused-ring (bicyclic) bond motifs is 2. The Morgan fingerprint density at radius 1 is 1.17 bits per heavy atom. The predicted octanol–water partition coefficient (Wildman–Crippen LogP) is 4.26. The van der Waals surface area contributed by atoms with Gasteiger partial charge in [0.1, 0.15) is 11.3 Å². The Morgan fingerprint density at radius 2 is 2.07 bits per heavy atom. The zero-order chi connectivity index (χ0) is 20.9. The number of hydrogen-bond donors (Lipinski definition) is 0. The summed E-state index contributed by atoms with van der Waals surface area (Å²) in [5.41, 5.74) is 4.30. The highest BCUT2D eigenvalue weighted by molar-refractivity contribution is 6.00. The topological polar surface area (TPSA) is 73.8 Å². The summed E-state index contributed by atoms with van der Waals surface area (Å²) in [5, 5.41) is 0.743. The molecule has 1 aromatic carbocycles. The molecule has 0 unspecified atom stereocenters. The summed E-state index contributed by atoms with van der Waals surface area (Å²) in [6, 6.07) is 10.0. The molecule has 0 atom stereocenters. The number of carbonyl (C=O) groups is 1. The normalized spacial score (nSPS) is 13.2. The summed E-state index contributed by atoms with van der Waals surface area (Å²) in [6.45, 7) is 5.42. The molecule has 0 aliphatic carbocycles. The van der Waals surface area contributed by atoms with Crippen LogP contribution in [0.3, 0.4) is 0 Å². The lowest BCUT2D eigenvalue weighted by Gasteiger charge is -2.30. The van der Waals surface area contributed by atoms with Crippen molar-refractivity contribution in [3.05, 3.63) is 54.0 Å². The van der Waals surface area contributed by atoms with Gasteiger partial charge in [-0.1, -0.05) is 0 Å². The number of esters is 1. The number of ether oxygens (including phenoxy) is 3. The Kier molecular flexibility index (Phi) is 6.09. The highest BCUT2D eigenvalue weighted by Crippen LogP contribution is 2.36. The highest BCUT2D eigenvalue weighted by atomic mass is 16.7. The van der Waals surface area contributed by atoms with E-state index in [4.69, 9.17) is 14.2 Å². The maximum Gasteiger partial charge on any atom is 0.343 e. The lowest BCUT2D eigenvalue weighted by molar-refractivity contribution is 0.0216. The van der Waals surface area contributed by atoms with Gasteiger partial charge in [0, 0.05) is 36.6 Å². The number of aryl methyl sites for hydroxylation is 1. The molecule has 156 valence electrons. The third-order valence-corrected chi connectivity index (χ3v) is 5.05. The maximum atomic E-state index is 12.4. The van der Waals surface area contributed by atoms with E-state index in [0.717, 1.165) is 47.4 Å². The molecule has 0 fully saturated rings. The van der Waals surface area contributed by atoms with E-state index in [1.807, 2.05) is 37.4 Å². The smallest absolute Gasteiger partial charge is 0.343 e. The van der Waals surface area contributed by atoms with E-state index in [-0.39, 0.29) is 13.4 Å². The fourth-order valence-electron chi connectivity index (χ4n) is 3.68. The maximum absolute atomic E-state index is 12.4. The zero-order valence-electron chi connectivity index (χ0n) is 17.3. The van der Waals surface area contributed by atoms with Gasteiger partial charge in [0.15, 0.2) is 6.79 Å². The Bertz CT molecular complexity index is 1050. The van der Waals surface area contributed by atoms with E-state index in [9.17, 15) is 4.79 Å². The average molecular weight is 407 g/mol. The van der Waals surface area contributed by atoms with Crippen LogP contribution >= 0.6 is 0 Å². The standard InChI is InChI=1S/C23H25N3O4/c1-3-28-15-30-22-17-10-9-16(13-20(17)25-14-18(22)23(27)29-4-2)26-12-6-7-19-21(26)8-5-11-24-19/h5,8-11,13-14H,3-4,6-7,12,15H2,1-2H3. The Hall–Kier alpha value is -3.19. The van der Waals surface area contributed by atoms with Gasteiger partial charge in [0.2, 0.25) is 0 Å². The SMILES string of the molecule is CCOCOc1c(C(=O)OCC)cnc2cc(N3CCCc4ncccc43)ccc12. The average Bonchev–Trinajstić information content (AvgIpc) is 2.78. The van der Waals surface area contributed by atoms with Crippen molar-refractivity contribution in [1.82, 2.24) is 9.97 Å². The van der Waals surface area contributed by atoms with Crippen LogP contribution < -0.4 is 9.64 Å². The number of benzene rings is 1. The molecular formula is C23H25N3O4. The summed E-state index contributed by atoms with van der Waals surface area (Å²) in [6.07, 6.45) is 5.37. The summed E-state index contributed by atoms with van der Waals surface area (Å²) in [5.74, 6) is -0.0299.